The van der Waals surface area contributed by atoms with E-state index in [1.165, 1.54) is 24.0 Å². The smallest absolute Gasteiger partial charge is 0.0724 e. The molecule has 0 spiro atoms. The van der Waals surface area contributed by atoms with Crippen LogP contribution in [-0.4, -0.2) is 11.2 Å². The summed E-state index contributed by atoms with van der Waals surface area (Å²) in [5, 5.41) is 10.0. The van der Waals surface area contributed by atoms with Gasteiger partial charge >= 0.3 is 0 Å². The maximum atomic E-state index is 10.0. The predicted octanol–water partition coefficient (Wildman–Crippen LogP) is 5.42. The summed E-state index contributed by atoms with van der Waals surface area (Å²) in [6.45, 7) is 9.00. The summed E-state index contributed by atoms with van der Waals surface area (Å²) in [5.41, 5.74) is 2.96. The molecule has 0 aromatic rings. The molecule has 2 atom stereocenters. The van der Waals surface area contributed by atoms with E-state index in [1.807, 2.05) is 6.08 Å². The molecular weight excluding hydrogens is 244 g/mol. The molecule has 0 saturated carbocycles. The van der Waals surface area contributed by atoms with Crippen molar-refractivity contribution in [2.24, 2.45) is 11.8 Å². The Morgan fingerprint density at radius 3 is 2.30 bits per heavy atom. The Morgan fingerprint density at radius 1 is 0.950 bits per heavy atom. The molecule has 1 rings (SSSR count). The Bertz CT molecular complexity index is 360. The summed E-state index contributed by atoms with van der Waals surface area (Å²) in [6.07, 6.45) is 15.1. The highest BCUT2D eigenvalue weighted by atomic mass is 16.3. The molecule has 0 amide bonds. The van der Waals surface area contributed by atoms with Crippen LogP contribution in [0.2, 0.25) is 0 Å². The van der Waals surface area contributed by atoms with Crippen LogP contribution < -0.4 is 0 Å². The van der Waals surface area contributed by atoms with Crippen molar-refractivity contribution in [1.29, 1.82) is 0 Å². The zero-order chi connectivity index (χ0) is 15.0. The van der Waals surface area contributed by atoms with Gasteiger partial charge in [-0.3, -0.25) is 0 Å². The lowest BCUT2D eigenvalue weighted by Gasteiger charge is -2.18. The highest BCUT2D eigenvalue weighted by Crippen LogP contribution is 2.23. The number of aliphatic hydroxyl groups is 1. The van der Waals surface area contributed by atoms with E-state index in [1.54, 1.807) is 0 Å². The summed E-state index contributed by atoms with van der Waals surface area (Å²) in [4.78, 5) is 0. The standard InChI is InChI=1S/C19H32O/c1-15(2)18-12-11-17(4)8-5-7-16(3)9-6-10-19(20)14-13-18/h8-9,13-15,18-20H,5-7,10-12H2,1-4H3/b14-13-,16-9+,17-8+/t18?,19-/m0/s1. The van der Waals surface area contributed by atoms with Gasteiger partial charge in [0.25, 0.3) is 0 Å². The molecule has 0 fully saturated rings. The second-order valence-corrected chi connectivity index (χ2v) is 6.62. The zero-order valence-electron chi connectivity index (χ0n) is 13.7. The molecule has 1 N–H and O–H groups in total. The summed E-state index contributed by atoms with van der Waals surface area (Å²) in [6, 6.07) is 0. The summed E-state index contributed by atoms with van der Waals surface area (Å²) in [5.74, 6) is 1.22. The quantitative estimate of drug-likeness (QED) is 0.634. The van der Waals surface area contributed by atoms with Gasteiger partial charge in [-0.25, -0.2) is 0 Å². The van der Waals surface area contributed by atoms with Crippen molar-refractivity contribution in [1.82, 2.24) is 0 Å². The van der Waals surface area contributed by atoms with E-state index < -0.39 is 0 Å². The molecule has 114 valence electrons. The van der Waals surface area contributed by atoms with E-state index in [9.17, 15) is 5.11 Å². The Kier molecular flexibility index (Phi) is 7.91. The first kappa shape index (κ1) is 17.2. The van der Waals surface area contributed by atoms with E-state index in [4.69, 9.17) is 0 Å². The maximum Gasteiger partial charge on any atom is 0.0724 e. The first-order valence-corrected chi connectivity index (χ1v) is 8.16. The van der Waals surface area contributed by atoms with Gasteiger partial charge in [-0.05, 0) is 64.2 Å². The van der Waals surface area contributed by atoms with Crippen LogP contribution in [0.4, 0.5) is 0 Å². The Balaban J connectivity index is 2.75. The van der Waals surface area contributed by atoms with Crippen molar-refractivity contribution in [3.63, 3.8) is 0 Å². The third-order valence-electron chi connectivity index (χ3n) is 4.30. The van der Waals surface area contributed by atoms with Gasteiger partial charge in [-0.15, -0.1) is 0 Å². The minimum atomic E-state index is -0.292. The second-order valence-electron chi connectivity index (χ2n) is 6.62. The van der Waals surface area contributed by atoms with Crippen LogP contribution in [0.25, 0.3) is 0 Å². The second kappa shape index (κ2) is 9.18. The Hall–Kier alpha value is -0.820. The average Bonchev–Trinajstić information content (AvgIpc) is 2.37. The average molecular weight is 276 g/mol. The van der Waals surface area contributed by atoms with Gasteiger partial charge in [0.2, 0.25) is 0 Å². The zero-order valence-corrected chi connectivity index (χ0v) is 13.7. The molecule has 1 aliphatic carbocycles. The molecule has 20 heavy (non-hydrogen) atoms. The summed E-state index contributed by atoms with van der Waals surface area (Å²) in [7, 11) is 0. The van der Waals surface area contributed by atoms with E-state index in [0.717, 1.165) is 25.7 Å². The lowest BCUT2D eigenvalue weighted by Crippen LogP contribution is -2.08. The monoisotopic (exact) mass is 276 g/mol. The molecule has 0 aliphatic heterocycles. The van der Waals surface area contributed by atoms with Crippen LogP contribution >= 0.6 is 0 Å². The Labute approximate surface area is 125 Å². The molecule has 1 unspecified atom stereocenters. The molecule has 1 aliphatic rings. The van der Waals surface area contributed by atoms with Crippen molar-refractivity contribution >= 4 is 0 Å². The van der Waals surface area contributed by atoms with Crippen molar-refractivity contribution < 1.29 is 5.11 Å². The minimum Gasteiger partial charge on any atom is -0.389 e. The fraction of sp³-hybridized carbons (Fsp3) is 0.684. The van der Waals surface area contributed by atoms with Crippen molar-refractivity contribution in [2.45, 2.75) is 72.3 Å². The van der Waals surface area contributed by atoms with Crippen molar-refractivity contribution in [2.75, 3.05) is 0 Å². The van der Waals surface area contributed by atoms with Gasteiger partial charge in [0.05, 0.1) is 6.10 Å². The summed E-state index contributed by atoms with van der Waals surface area (Å²) < 4.78 is 0. The molecule has 1 nitrogen and oxygen atoms in total. The lowest BCUT2D eigenvalue weighted by atomic mass is 9.88. The van der Waals surface area contributed by atoms with Gasteiger partial charge in [0.15, 0.2) is 0 Å². The van der Waals surface area contributed by atoms with Gasteiger partial charge in [0, 0.05) is 0 Å². The van der Waals surface area contributed by atoms with Crippen LogP contribution in [0, 0.1) is 11.8 Å². The third kappa shape index (κ3) is 7.09. The van der Waals surface area contributed by atoms with Crippen LogP contribution in [0.5, 0.6) is 0 Å². The molecule has 0 aromatic heterocycles. The highest BCUT2D eigenvalue weighted by molar-refractivity contribution is 5.06. The van der Waals surface area contributed by atoms with Crippen LogP contribution in [0.15, 0.2) is 35.5 Å². The Morgan fingerprint density at radius 2 is 1.60 bits per heavy atom. The number of allylic oxidation sites excluding steroid dienone is 5. The third-order valence-corrected chi connectivity index (χ3v) is 4.30. The van der Waals surface area contributed by atoms with Gasteiger partial charge in [-0.2, -0.15) is 0 Å². The molecule has 0 heterocycles. The van der Waals surface area contributed by atoms with Gasteiger partial charge in [0.1, 0.15) is 0 Å². The number of rotatable bonds is 1. The van der Waals surface area contributed by atoms with Gasteiger partial charge in [-0.1, -0.05) is 49.3 Å². The summed E-state index contributed by atoms with van der Waals surface area (Å²) >= 11 is 0. The first-order chi connectivity index (χ1) is 9.49. The molecule has 0 bridgehead atoms. The normalized spacial score (nSPS) is 33.7. The number of aliphatic hydroxyl groups excluding tert-OH is 1. The lowest BCUT2D eigenvalue weighted by molar-refractivity contribution is 0.212. The van der Waals surface area contributed by atoms with E-state index in [-0.39, 0.29) is 6.10 Å². The fourth-order valence-electron chi connectivity index (χ4n) is 2.66. The SMILES string of the molecule is C/C1=C\CC[C@H](O)/C=C\C(C(C)C)CC/C(C)=C/CC1. The van der Waals surface area contributed by atoms with Crippen molar-refractivity contribution in [3.8, 4) is 0 Å². The van der Waals surface area contributed by atoms with E-state index in [2.05, 4.69) is 45.9 Å². The molecule has 0 aromatic carbocycles. The molecule has 1 heteroatoms. The molecular formula is C19H32O. The number of hydrogen-bond donors (Lipinski definition) is 1. The highest BCUT2D eigenvalue weighted by Gasteiger charge is 2.11. The largest absolute Gasteiger partial charge is 0.389 e. The fourth-order valence-corrected chi connectivity index (χ4v) is 2.66. The molecule has 0 saturated heterocycles. The van der Waals surface area contributed by atoms with E-state index in [0.29, 0.717) is 11.8 Å². The molecule has 0 radical (unpaired) electrons. The first-order valence-electron chi connectivity index (χ1n) is 8.16. The van der Waals surface area contributed by atoms with Gasteiger partial charge < -0.3 is 5.11 Å². The van der Waals surface area contributed by atoms with Crippen molar-refractivity contribution in [3.05, 3.63) is 35.5 Å². The number of hydrogen-bond acceptors (Lipinski definition) is 1. The van der Waals surface area contributed by atoms with Crippen LogP contribution in [0.3, 0.4) is 0 Å². The van der Waals surface area contributed by atoms with Crippen LogP contribution in [0.1, 0.15) is 66.2 Å². The van der Waals surface area contributed by atoms with Crippen LogP contribution in [-0.2, 0) is 0 Å². The van der Waals surface area contributed by atoms with E-state index >= 15 is 0 Å². The topological polar surface area (TPSA) is 20.2 Å². The minimum absolute atomic E-state index is 0.292. The maximum absolute atomic E-state index is 10.0. The predicted molar refractivity (Wildman–Crippen MR) is 88.7 cm³/mol.